The Morgan fingerprint density at radius 1 is 1.21 bits per heavy atom. The van der Waals surface area contributed by atoms with E-state index in [-0.39, 0.29) is 5.78 Å². The number of carbonyl (C=O) groups excluding carboxylic acids is 1. The first-order valence-electron chi connectivity index (χ1n) is 8.89. The van der Waals surface area contributed by atoms with Crippen LogP contribution in [0.2, 0.25) is 0 Å². The molecular formula is C20H27N3O. The molecule has 1 N–H and O–H groups in total. The molecule has 0 saturated carbocycles. The third kappa shape index (κ3) is 3.88. The van der Waals surface area contributed by atoms with Gasteiger partial charge in [0.1, 0.15) is 5.82 Å². The number of hydrogen-bond donors (Lipinski definition) is 1. The van der Waals surface area contributed by atoms with E-state index in [1.54, 1.807) is 6.08 Å². The minimum Gasteiger partial charge on any atom is -0.372 e. The van der Waals surface area contributed by atoms with Crippen molar-refractivity contribution in [1.82, 2.24) is 15.1 Å². The van der Waals surface area contributed by atoms with E-state index in [1.807, 2.05) is 6.92 Å². The van der Waals surface area contributed by atoms with Gasteiger partial charge in [-0.15, -0.1) is 0 Å². The molecule has 128 valence electrons. The average molecular weight is 325 g/mol. The summed E-state index contributed by atoms with van der Waals surface area (Å²) in [5.74, 6) is 1.26. The fraction of sp³-hybridized carbons (Fsp3) is 0.450. The molecule has 0 atom stereocenters. The Kier molecular flexibility index (Phi) is 5.36. The Balaban J connectivity index is 1.45. The molecule has 0 radical (unpaired) electrons. The van der Waals surface area contributed by atoms with Crippen LogP contribution in [0.15, 0.2) is 47.9 Å². The third-order valence-corrected chi connectivity index (χ3v) is 4.66. The maximum atomic E-state index is 11.6. The van der Waals surface area contributed by atoms with Crippen LogP contribution < -0.4 is 5.32 Å². The summed E-state index contributed by atoms with van der Waals surface area (Å²) in [7, 11) is 0. The molecule has 2 heterocycles. The lowest BCUT2D eigenvalue weighted by Gasteiger charge is -2.24. The zero-order valence-electron chi connectivity index (χ0n) is 14.7. The quantitative estimate of drug-likeness (QED) is 0.782. The molecule has 0 amide bonds. The van der Waals surface area contributed by atoms with Crippen LogP contribution in [0.1, 0.15) is 37.8 Å². The van der Waals surface area contributed by atoms with E-state index >= 15 is 0 Å². The number of rotatable bonds is 7. The molecule has 0 spiro atoms. The molecular weight excluding hydrogens is 298 g/mol. The summed E-state index contributed by atoms with van der Waals surface area (Å²) in [6.45, 7) is 8.74. The first kappa shape index (κ1) is 16.8. The van der Waals surface area contributed by atoms with Gasteiger partial charge in [-0.2, -0.15) is 0 Å². The van der Waals surface area contributed by atoms with Gasteiger partial charge in [0.15, 0.2) is 5.78 Å². The van der Waals surface area contributed by atoms with Crippen LogP contribution in [-0.4, -0.2) is 35.2 Å². The van der Waals surface area contributed by atoms with Gasteiger partial charge < -0.3 is 10.2 Å². The smallest absolute Gasteiger partial charge is 0.177 e. The number of allylic oxidation sites excluding steroid dienone is 2. The highest BCUT2D eigenvalue weighted by atomic mass is 16.1. The number of carbonyl (C=O) groups is 1. The molecule has 0 saturated heterocycles. The molecule has 0 aliphatic carbocycles. The van der Waals surface area contributed by atoms with Crippen LogP contribution in [0, 0.1) is 0 Å². The van der Waals surface area contributed by atoms with Crippen molar-refractivity contribution in [2.75, 3.05) is 19.6 Å². The van der Waals surface area contributed by atoms with Crippen LogP contribution in [0.25, 0.3) is 0 Å². The van der Waals surface area contributed by atoms with Gasteiger partial charge in [-0.3, -0.25) is 9.69 Å². The van der Waals surface area contributed by atoms with Crippen molar-refractivity contribution >= 4 is 5.78 Å². The number of nitrogens with zero attached hydrogens (tertiary/aromatic N) is 2. The van der Waals surface area contributed by atoms with Crippen LogP contribution in [0.3, 0.4) is 0 Å². The molecule has 0 aromatic heterocycles. The summed E-state index contributed by atoms with van der Waals surface area (Å²) in [5.41, 5.74) is 3.96. The van der Waals surface area contributed by atoms with E-state index in [9.17, 15) is 4.79 Å². The van der Waals surface area contributed by atoms with Crippen molar-refractivity contribution in [2.24, 2.45) is 0 Å². The molecule has 2 aliphatic rings. The molecule has 4 heteroatoms. The second-order valence-electron chi connectivity index (χ2n) is 6.60. The third-order valence-electron chi connectivity index (χ3n) is 4.66. The van der Waals surface area contributed by atoms with Gasteiger partial charge in [-0.1, -0.05) is 31.2 Å². The average Bonchev–Trinajstić information content (AvgIpc) is 3.12. The van der Waals surface area contributed by atoms with Crippen molar-refractivity contribution in [3.63, 3.8) is 0 Å². The molecule has 1 aromatic carbocycles. The Morgan fingerprint density at radius 3 is 2.50 bits per heavy atom. The molecule has 1 aromatic rings. The number of ketones is 1. The predicted molar refractivity (Wildman–Crippen MR) is 97.0 cm³/mol. The highest BCUT2D eigenvalue weighted by Gasteiger charge is 2.21. The van der Waals surface area contributed by atoms with Gasteiger partial charge in [0.05, 0.1) is 6.54 Å². The largest absolute Gasteiger partial charge is 0.372 e. The molecule has 24 heavy (non-hydrogen) atoms. The number of hydrogen-bond acceptors (Lipinski definition) is 4. The molecule has 0 fully saturated rings. The first-order chi connectivity index (χ1) is 11.7. The number of fused-ring (bicyclic) bond motifs is 1. The lowest BCUT2D eigenvalue weighted by Crippen LogP contribution is -2.32. The number of benzene rings is 1. The molecule has 3 rings (SSSR count). The Hall–Kier alpha value is -2.07. The molecule has 0 unspecified atom stereocenters. The van der Waals surface area contributed by atoms with Crippen molar-refractivity contribution in [3.8, 4) is 0 Å². The van der Waals surface area contributed by atoms with Crippen molar-refractivity contribution in [3.05, 3.63) is 59.1 Å². The fourth-order valence-electron chi connectivity index (χ4n) is 3.46. The first-order valence-corrected chi connectivity index (χ1v) is 8.89. The van der Waals surface area contributed by atoms with Crippen molar-refractivity contribution in [1.29, 1.82) is 0 Å². The van der Waals surface area contributed by atoms with Crippen LogP contribution in [0.4, 0.5) is 0 Å². The summed E-state index contributed by atoms with van der Waals surface area (Å²) in [5, 5.41) is 3.53. The van der Waals surface area contributed by atoms with Crippen LogP contribution in [0.5, 0.6) is 0 Å². The zero-order valence-corrected chi connectivity index (χ0v) is 14.7. The Labute approximate surface area is 144 Å². The summed E-state index contributed by atoms with van der Waals surface area (Å²) in [6.07, 6.45) is 5.95. The summed E-state index contributed by atoms with van der Waals surface area (Å²) in [4.78, 5) is 16.2. The van der Waals surface area contributed by atoms with E-state index in [2.05, 4.69) is 52.4 Å². The van der Waals surface area contributed by atoms with Crippen molar-refractivity contribution in [2.45, 2.75) is 39.8 Å². The van der Waals surface area contributed by atoms with E-state index in [1.165, 1.54) is 11.1 Å². The minimum atomic E-state index is 0.186. The Bertz CT molecular complexity index is 638. The van der Waals surface area contributed by atoms with Gasteiger partial charge in [0.2, 0.25) is 0 Å². The lowest BCUT2D eigenvalue weighted by atomic mass is 10.1. The van der Waals surface area contributed by atoms with E-state index in [0.29, 0.717) is 6.54 Å². The number of nitrogens with one attached hydrogen (secondary N) is 1. The lowest BCUT2D eigenvalue weighted by molar-refractivity contribution is -0.114. The highest BCUT2D eigenvalue weighted by Crippen LogP contribution is 2.22. The van der Waals surface area contributed by atoms with Crippen molar-refractivity contribution < 1.29 is 4.79 Å². The van der Waals surface area contributed by atoms with Crippen LogP contribution in [-0.2, 0) is 17.9 Å². The maximum absolute atomic E-state index is 11.6. The second-order valence-corrected chi connectivity index (χ2v) is 6.60. The van der Waals surface area contributed by atoms with Gasteiger partial charge in [-0.05, 0) is 37.0 Å². The summed E-state index contributed by atoms with van der Waals surface area (Å²) >= 11 is 0. The maximum Gasteiger partial charge on any atom is 0.177 e. The fourth-order valence-corrected chi connectivity index (χ4v) is 3.46. The monoisotopic (exact) mass is 325 g/mol. The zero-order chi connectivity index (χ0) is 16.9. The van der Waals surface area contributed by atoms with Gasteiger partial charge in [0.25, 0.3) is 0 Å². The van der Waals surface area contributed by atoms with E-state index in [0.717, 1.165) is 50.5 Å². The molecule has 4 nitrogen and oxygen atoms in total. The normalized spacial score (nSPS) is 18.1. The second kappa shape index (κ2) is 7.67. The molecule has 2 aliphatic heterocycles. The van der Waals surface area contributed by atoms with Gasteiger partial charge in [0, 0.05) is 38.0 Å². The Morgan fingerprint density at radius 2 is 1.92 bits per heavy atom. The molecule has 0 bridgehead atoms. The standard InChI is InChI=1S/C20H27N3O/c1-3-7-20(23-15-19(24)12-16(23)2)21-10-6-11-22-13-17-8-4-5-9-18(17)14-22/h4-5,7-9,12,21H,3,6,10-11,13-15H2,1-2H3/b20-7+. The van der Waals surface area contributed by atoms with Gasteiger partial charge in [-0.25, -0.2) is 0 Å². The summed E-state index contributed by atoms with van der Waals surface area (Å²) in [6, 6.07) is 8.71. The highest BCUT2D eigenvalue weighted by molar-refractivity contribution is 5.94. The van der Waals surface area contributed by atoms with E-state index < -0.39 is 0 Å². The predicted octanol–water partition coefficient (Wildman–Crippen LogP) is 3.02. The van der Waals surface area contributed by atoms with Crippen LogP contribution >= 0.6 is 0 Å². The topological polar surface area (TPSA) is 35.6 Å². The SMILES string of the molecule is CC/C=C(\NCCCN1Cc2ccccc2C1)N1CC(=O)C=C1C. The minimum absolute atomic E-state index is 0.186. The summed E-state index contributed by atoms with van der Waals surface area (Å²) < 4.78 is 0. The van der Waals surface area contributed by atoms with E-state index in [4.69, 9.17) is 0 Å². The van der Waals surface area contributed by atoms with Gasteiger partial charge >= 0.3 is 0 Å².